The fourth-order valence-electron chi connectivity index (χ4n) is 2.30. The van der Waals surface area contributed by atoms with Gasteiger partial charge in [0.15, 0.2) is 23.0 Å². The predicted octanol–water partition coefficient (Wildman–Crippen LogP) is 1.12. The van der Waals surface area contributed by atoms with Crippen molar-refractivity contribution in [3.63, 3.8) is 0 Å². The summed E-state index contributed by atoms with van der Waals surface area (Å²) in [5, 5.41) is 2.72. The Bertz CT molecular complexity index is 868. The highest BCUT2D eigenvalue weighted by Crippen LogP contribution is 2.17. The summed E-state index contributed by atoms with van der Waals surface area (Å²) < 4.78 is 18.7. The van der Waals surface area contributed by atoms with Gasteiger partial charge in [-0.1, -0.05) is 12.1 Å². The summed E-state index contributed by atoms with van der Waals surface area (Å²) >= 11 is 0. The summed E-state index contributed by atoms with van der Waals surface area (Å²) in [7, 11) is 1.75. The molecule has 2 N–H and O–H groups in total. The molecular formula is C16H17FN6O2. The maximum atomic E-state index is 13.4. The fourth-order valence-corrected chi connectivity index (χ4v) is 2.30. The van der Waals surface area contributed by atoms with Crippen LogP contribution in [0.1, 0.15) is 0 Å². The smallest absolute Gasteiger partial charge is 0.239 e. The van der Waals surface area contributed by atoms with Gasteiger partial charge in [0.25, 0.3) is 0 Å². The number of hydrogen-bond acceptors (Lipinski definition) is 6. The number of nitrogens with one attached hydrogen (secondary N) is 2. The van der Waals surface area contributed by atoms with Crippen LogP contribution in [-0.2, 0) is 4.79 Å². The van der Waals surface area contributed by atoms with Crippen LogP contribution in [0.15, 0.2) is 36.9 Å². The molecule has 9 heteroatoms. The average molecular weight is 344 g/mol. The van der Waals surface area contributed by atoms with Crippen LogP contribution in [0.2, 0.25) is 0 Å². The minimum atomic E-state index is -0.430. The number of amides is 1. The number of rotatable bonds is 7. The molecule has 0 spiro atoms. The number of hydrogen-bond donors (Lipinski definition) is 2. The predicted molar refractivity (Wildman–Crippen MR) is 89.9 cm³/mol. The van der Waals surface area contributed by atoms with Crippen molar-refractivity contribution < 1.29 is 13.9 Å². The van der Waals surface area contributed by atoms with Gasteiger partial charge < -0.3 is 19.9 Å². The molecular weight excluding hydrogens is 327 g/mol. The molecule has 1 amide bonds. The molecule has 0 bridgehead atoms. The van der Waals surface area contributed by atoms with E-state index in [4.69, 9.17) is 4.74 Å². The molecule has 2 aromatic heterocycles. The van der Waals surface area contributed by atoms with Crippen LogP contribution in [-0.4, -0.2) is 52.6 Å². The second-order valence-electron chi connectivity index (χ2n) is 5.28. The number of anilines is 1. The molecule has 3 aromatic rings. The van der Waals surface area contributed by atoms with Crippen LogP contribution >= 0.6 is 0 Å². The van der Waals surface area contributed by atoms with Crippen molar-refractivity contribution in [1.29, 1.82) is 0 Å². The van der Waals surface area contributed by atoms with E-state index in [1.165, 1.54) is 24.8 Å². The van der Waals surface area contributed by atoms with Gasteiger partial charge in [0, 0.05) is 7.05 Å². The van der Waals surface area contributed by atoms with Crippen LogP contribution in [0.4, 0.5) is 10.2 Å². The van der Waals surface area contributed by atoms with Gasteiger partial charge in [0.1, 0.15) is 18.5 Å². The van der Waals surface area contributed by atoms with E-state index in [0.29, 0.717) is 17.0 Å². The van der Waals surface area contributed by atoms with Crippen LogP contribution in [0, 0.1) is 5.82 Å². The summed E-state index contributed by atoms with van der Waals surface area (Å²) in [4.78, 5) is 28.9. The number of carbonyl (C=O) groups excluding carboxylic acids is 1. The van der Waals surface area contributed by atoms with Crippen molar-refractivity contribution in [3.05, 3.63) is 42.7 Å². The Morgan fingerprint density at radius 3 is 3.00 bits per heavy atom. The van der Waals surface area contributed by atoms with Crippen molar-refractivity contribution in [1.82, 2.24) is 25.3 Å². The third-order valence-electron chi connectivity index (χ3n) is 3.46. The second-order valence-corrected chi connectivity index (χ2v) is 5.28. The summed E-state index contributed by atoms with van der Waals surface area (Å²) in [6.07, 6.45) is 2.92. The average Bonchev–Trinajstić information content (AvgIpc) is 3.08. The minimum absolute atomic E-state index is 0.102. The van der Waals surface area contributed by atoms with Crippen LogP contribution in [0.5, 0.6) is 5.75 Å². The molecule has 0 aliphatic heterocycles. The number of aromatic nitrogens is 4. The zero-order valence-electron chi connectivity index (χ0n) is 13.6. The van der Waals surface area contributed by atoms with Gasteiger partial charge >= 0.3 is 0 Å². The fraction of sp³-hybridized carbons (Fsp3) is 0.250. The van der Waals surface area contributed by atoms with Gasteiger partial charge in [-0.2, -0.15) is 0 Å². The quantitative estimate of drug-likeness (QED) is 0.624. The Morgan fingerprint density at radius 2 is 2.16 bits per heavy atom. The number of carbonyl (C=O) groups is 1. The summed E-state index contributed by atoms with van der Waals surface area (Å²) in [6.45, 7) is 0.545. The number of para-hydroxylation sites is 1. The molecule has 2 heterocycles. The van der Waals surface area contributed by atoms with E-state index in [0.717, 1.165) is 0 Å². The molecule has 130 valence electrons. The molecule has 0 saturated heterocycles. The molecule has 0 radical (unpaired) electrons. The molecule has 25 heavy (non-hydrogen) atoms. The van der Waals surface area contributed by atoms with Crippen molar-refractivity contribution in [2.24, 2.45) is 0 Å². The number of imidazole rings is 1. The highest BCUT2D eigenvalue weighted by Gasteiger charge is 2.13. The van der Waals surface area contributed by atoms with Gasteiger partial charge in [0.05, 0.1) is 19.4 Å². The zero-order chi connectivity index (χ0) is 17.6. The van der Waals surface area contributed by atoms with E-state index in [2.05, 4.69) is 25.3 Å². The lowest BCUT2D eigenvalue weighted by atomic mass is 10.3. The Hall–Kier alpha value is -3.23. The Kier molecular flexibility index (Phi) is 5.03. The first-order valence-corrected chi connectivity index (χ1v) is 7.64. The van der Waals surface area contributed by atoms with E-state index >= 15 is 0 Å². The number of H-pyrrole nitrogens is 1. The molecule has 1 aromatic carbocycles. The van der Waals surface area contributed by atoms with E-state index < -0.39 is 5.82 Å². The topological polar surface area (TPSA) is 96.0 Å². The standard InChI is InChI=1S/C16H17FN6O2/c1-23(16-14-15(20-9-19-14)21-10-22-16)8-13(24)18-6-7-25-12-5-3-2-4-11(12)17/h2-5,9-10H,6-8H2,1H3,(H,18,24)(H,19,20,21,22). The van der Waals surface area contributed by atoms with E-state index in [1.807, 2.05) is 0 Å². The number of fused-ring (bicyclic) bond motifs is 1. The largest absolute Gasteiger partial charge is 0.489 e. The van der Waals surface area contributed by atoms with Crippen LogP contribution < -0.4 is 15.0 Å². The first kappa shape index (κ1) is 16.6. The molecule has 0 aliphatic rings. The van der Waals surface area contributed by atoms with Crippen molar-refractivity contribution in [2.75, 3.05) is 31.6 Å². The van der Waals surface area contributed by atoms with Gasteiger partial charge in [-0.25, -0.2) is 19.3 Å². The summed E-state index contributed by atoms with van der Waals surface area (Å²) in [5.74, 6) is 0.114. The number of likely N-dealkylation sites (N-methyl/N-ethyl adjacent to an activating group) is 1. The van der Waals surface area contributed by atoms with E-state index in [-0.39, 0.29) is 31.4 Å². The first-order valence-electron chi connectivity index (χ1n) is 7.64. The van der Waals surface area contributed by atoms with Crippen molar-refractivity contribution in [3.8, 4) is 5.75 Å². The van der Waals surface area contributed by atoms with Crippen LogP contribution in [0.3, 0.4) is 0 Å². The molecule has 0 fully saturated rings. The van der Waals surface area contributed by atoms with E-state index in [1.54, 1.807) is 24.1 Å². The SMILES string of the molecule is CN(CC(=O)NCCOc1ccccc1F)c1ncnc2nc[nH]c12. The van der Waals surface area contributed by atoms with Crippen molar-refractivity contribution in [2.45, 2.75) is 0 Å². The first-order chi connectivity index (χ1) is 12.1. The lowest BCUT2D eigenvalue weighted by Crippen LogP contribution is -2.37. The number of benzene rings is 1. The van der Waals surface area contributed by atoms with Gasteiger partial charge in [0.2, 0.25) is 5.91 Å². The van der Waals surface area contributed by atoms with Crippen LogP contribution in [0.25, 0.3) is 11.2 Å². The summed E-state index contributed by atoms with van der Waals surface area (Å²) in [6, 6.07) is 6.13. The maximum Gasteiger partial charge on any atom is 0.239 e. The highest BCUT2D eigenvalue weighted by atomic mass is 19.1. The number of aromatic amines is 1. The van der Waals surface area contributed by atoms with Gasteiger partial charge in [-0.15, -0.1) is 0 Å². The monoisotopic (exact) mass is 344 g/mol. The molecule has 8 nitrogen and oxygen atoms in total. The maximum absolute atomic E-state index is 13.4. The molecule has 0 atom stereocenters. The second kappa shape index (κ2) is 7.56. The molecule has 3 rings (SSSR count). The third-order valence-corrected chi connectivity index (χ3v) is 3.46. The highest BCUT2D eigenvalue weighted by molar-refractivity contribution is 5.86. The molecule has 0 saturated carbocycles. The normalized spacial score (nSPS) is 10.6. The van der Waals surface area contributed by atoms with E-state index in [9.17, 15) is 9.18 Å². The molecule has 0 aliphatic carbocycles. The third kappa shape index (κ3) is 4.00. The van der Waals surface area contributed by atoms with Gasteiger partial charge in [-0.3, -0.25) is 4.79 Å². The lowest BCUT2D eigenvalue weighted by Gasteiger charge is -2.17. The summed E-state index contributed by atoms with van der Waals surface area (Å²) in [5.41, 5.74) is 1.20. The molecule has 0 unspecified atom stereocenters. The number of nitrogens with zero attached hydrogens (tertiary/aromatic N) is 4. The Labute approximate surface area is 143 Å². The zero-order valence-corrected chi connectivity index (χ0v) is 13.6. The van der Waals surface area contributed by atoms with Gasteiger partial charge in [-0.05, 0) is 12.1 Å². The van der Waals surface area contributed by atoms with Crippen molar-refractivity contribution >= 4 is 22.9 Å². The minimum Gasteiger partial charge on any atom is -0.489 e. The number of ether oxygens (including phenoxy) is 1. The number of halogens is 1. The Balaban J connectivity index is 1.48. The Morgan fingerprint density at radius 1 is 1.32 bits per heavy atom. The lowest BCUT2D eigenvalue weighted by molar-refractivity contribution is -0.119.